The van der Waals surface area contributed by atoms with Crippen LogP contribution in [0.1, 0.15) is 61.3 Å². The molecule has 4 aliphatic rings. The molecule has 3 aliphatic heterocycles. The first-order valence-electron chi connectivity index (χ1n) is 18.8. The van der Waals surface area contributed by atoms with E-state index in [1.54, 1.807) is 6.20 Å². The molecule has 0 unspecified atom stereocenters. The molecule has 1 aliphatic carbocycles. The molecule has 5 heterocycles. The highest BCUT2D eigenvalue weighted by Gasteiger charge is 2.34. The van der Waals surface area contributed by atoms with Gasteiger partial charge in [-0.05, 0) is 94.3 Å². The number of benzene rings is 2. The van der Waals surface area contributed by atoms with Gasteiger partial charge in [-0.1, -0.05) is 36.4 Å². The van der Waals surface area contributed by atoms with Gasteiger partial charge in [0.05, 0.1) is 22.7 Å². The third-order valence-electron chi connectivity index (χ3n) is 11.9. The van der Waals surface area contributed by atoms with Crippen LogP contribution in [0.5, 0.6) is 0 Å². The number of likely N-dealkylation sites (tertiary alicyclic amines) is 2. The van der Waals surface area contributed by atoms with E-state index in [0.29, 0.717) is 51.5 Å². The Bertz CT molecular complexity index is 1910. The molecule has 1 atom stereocenters. The molecule has 11 nitrogen and oxygen atoms in total. The summed E-state index contributed by atoms with van der Waals surface area (Å²) in [6.07, 6.45) is 10.5. The molecular weight excluding hydrogens is 628 g/mol. The number of nitrogens with zero attached hydrogens (tertiary/aromatic N) is 6. The molecular formula is C39H50N8O3. The molecule has 0 spiro atoms. The van der Waals surface area contributed by atoms with Crippen molar-refractivity contribution in [2.75, 3.05) is 59.4 Å². The van der Waals surface area contributed by atoms with E-state index < -0.39 is 6.04 Å². The van der Waals surface area contributed by atoms with Crippen LogP contribution in [0.2, 0.25) is 0 Å². The Morgan fingerprint density at radius 2 is 1.58 bits per heavy atom. The lowest BCUT2D eigenvalue weighted by Crippen LogP contribution is -2.59. The minimum Gasteiger partial charge on any atom is -0.338 e. The summed E-state index contributed by atoms with van der Waals surface area (Å²) in [7, 11) is 2.19. The van der Waals surface area contributed by atoms with Crippen LogP contribution in [0.3, 0.4) is 0 Å². The number of piperidine rings is 2. The van der Waals surface area contributed by atoms with E-state index in [1.807, 2.05) is 38.6 Å². The molecule has 264 valence electrons. The number of aryl methyl sites for hydroxylation is 2. The van der Waals surface area contributed by atoms with Crippen LogP contribution < -0.4 is 11.0 Å². The predicted octanol–water partition coefficient (Wildman–Crippen LogP) is 3.95. The van der Waals surface area contributed by atoms with Crippen molar-refractivity contribution >= 4 is 33.9 Å². The number of pyridine rings is 1. The van der Waals surface area contributed by atoms with E-state index in [1.165, 1.54) is 36.8 Å². The molecule has 2 N–H and O–H groups in total. The van der Waals surface area contributed by atoms with Crippen molar-refractivity contribution in [3.8, 4) is 0 Å². The molecule has 11 heteroatoms. The number of piperazine rings is 1. The largest absolute Gasteiger partial charge is 0.338 e. The van der Waals surface area contributed by atoms with E-state index in [0.717, 1.165) is 66.5 Å². The highest BCUT2D eigenvalue weighted by molar-refractivity contribution is 6.01. The molecule has 0 bridgehead atoms. The number of carbonyl (C=O) groups excluding carboxylic acids is 2. The van der Waals surface area contributed by atoms with Crippen LogP contribution in [-0.2, 0) is 24.1 Å². The fraction of sp³-hybridized carbons (Fsp3) is 0.538. The van der Waals surface area contributed by atoms with Gasteiger partial charge in [-0.2, -0.15) is 0 Å². The smallest absolute Gasteiger partial charge is 0.326 e. The van der Waals surface area contributed by atoms with E-state index >= 15 is 0 Å². The number of nitrogens with one attached hydrogen (secondary N) is 2. The summed E-state index contributed by atoms with van der Waals surface area (Å²) in [5, 5.41) is 4.12. The van der Waals surface area contributed by atoms with Gasteiger partial charge in [0.15, 0.2) is 0 Å². The molecule has 4 aromatic rings. The normalized spacial score (nSPS) is 20.7. The standard InChI is InChI=1S/C39H50N8O3/c1-43-16-12-30(13-17-43)44-20-22-45(23-21-44)37(48)34(25-27-10-11-28-6-2-3-7-29(28)24-27)41-38(49)46-18-14-31(15-19-46)47-35-26-40-33-9-5-4-8-32(33)36(35)42-39(47)50/h4-5,8-11,24,26,30-31,34H,2-3,6-7,12-23,25H2,1H3,(H,41,49)(H,42,50)/t34-/m1/s1. The van der Waals surface area contributed by atoms with Gasteiger partial charge in [-0.15, -0.1) is 0 Å². The van der Waals surface area contributed by atoms with Gasteiger partial charge < -0.3 is 25.0 Å². The van der Waals surface area contributed by atoms with Crippen LogP contribution in [0.25, 0.3) is 21.9 Å². The number of amides is 3. The first-order valence-corrected chi connectivity index (χ1v) is 18.8. The minimum absolute atomic E-state index is 0.0130. The Balaban J connectivity index is 0.948. The van der Waals surface area contributed by atoms with Crippen molar-refractivity contribution in [3.05, 3.63) is 75.8 Å². The third kappa shape index (κ3) is 6.65. The predicted molar refractivity (Wildman–Crippen MR) is 195 cm³/mol. The number of para-hydroxylation sites is 1. The quantitative estimate of drug-likeness (QED) is 0.320. The third-order valence-corrected chi connectivity index (χ3v) is 11.9. The molecule has 8 rings (SSSR count). The van der Waals surface area contributed by atoms with Gasteiger partial charge in [-0.25, -0.2) is 9.59 Å². The van der Waals surface area contributed by atoms with Crippen molar-refractivity contribution < 1.29 is 9.59 Å². The maximum Gasteiger partial charge on any atom is 0.326 e. The van der Waals surface area contributed by atoms with E-state index in [-0.39, 0.29) is 23.7 Å². The van der Waals surface area contributed by atoms with E-state index in [9.17, 15) is 14.4 Å². The number of H-pyrrole nitrogens is 1. The minimum atomic E-state index is -0.632. The summed E-state index contributed by atoms with van der Waals surface area (Å²) < 4.78 is 1.82. The zero-order valence-electron chi connectivity index (χ0n) is 29.3. The Hall–Kier alpha value is -4.22. The average molecular weight is 679 g/mol. The van der Waals surface area contributed by atoms with Crippen LogP contribution in [0.4, 0.5) is 4.79 Å². The van der Waals surface area contributed by atoms with Crippen LogP contribution in [0, 0.1) is 0 Å². The highest BCUT2D eigenvalue weighted by atomic mass is 16.2. The van der Waals surface area contributed by atoms with Crippen molar-refractivity contribution in [2.24, 2.45) is 0 Å². The van der Waals surface area contributed by atoms with Crippen LogP contribution in [-0.4, -0.2) is 118 Å². The molecule has 0 radical (unpaired) electrons. The summed E-state index contributed by atoms with van der Waals surface area (Å²) in [6.45, 7) is 6.41. The second-order valence-electron chi connectivity index (χ2n) is 15.0. The SMILES string of the molecule is CN1CCC(N2CCN(C(=O)[C@@H](Cc3ccc4c(c3)CCCC4)NC(=O)N3CCC(n4c(=O)[nH]c5c6ccccc6ncc54)CC3)CC2)CC1. The lowest BCUT2D eigenvalue weighted by atomic mass is 9.89. The summed E-state index contributed by atoms with van der Waals surface area (Å²) >= 11 is 0. The Labute approximate surface area is 293 Å². The Morgan fingerprint density at radius 3 is 2.36 bits per heavy atom. The maximum atomic E-state index is 14.2. The summed E-state index contributed by atoms with van der Waals surface area (Å²) in [4.78, 5) is 57.7. The molecule has 2 aromatic heterocycles. The average Bonchev–Trinajstić information content (AvgIpc) is 3.50. The fourth-order valence-electron chi connectivity index (χ4n) is 8.89. The molecule has 3 amide bonds. The lowest BCUT2D eigenvalue weighted by molar-refractivity contribution is -0.135. The molecule has 2 aromatic carbocycles. The Morgan fingerprint density at radius 1 is 0.860 bits per heavy atom. The maximum absolute atomic E-state index is 14.2. The van der Waals surface area contributed by atoms with Gasteiger partial charge in [0, 0.05) is 63.2 Å². The highest BCUT2D eigenvalue weighted by Crippen LogP contribution is 2.28. The first-order chi connectivity index (χ1) is 24.4. The van der Waals surface area contributed by atoms with E-state index in [2.05, 4.69) is 50.3 Å². The van der Waals surface area contributed by atoms with Crippen LogP contribution >= 0.6 is 0 Å². The second kappa shape index (κ2) is 14.2. The van der Waals surface area contributed by atoms with Gasteiger partial charge in [0.25, 0.3) is 0 Å². The molecule has 3 saturated heterocycles. The van der Waals surface area contributed by atoms with Crippen molar-refractivity contribution in [1.82, 2.24) is 39.5 Å². The summed E-state index contributed by atoms with van der Waals surface area (Å²) in [5.74, 6) is 0.0130. The van der Waals surface area contributed by atoms with Crippen molar-refractivity contribution in [1.29, 1.82) is 0 Å². The molecule has 50 heavy (non-hydrogen) atoms. The number of rotatable bonds is 6. The van der Waals surface area contributed by atoms with Gasteiger partial charge in [0.1, 0.15) is 6.04 Å². The number of carbonyl (C=O) groups is 2. The zero-order chi connectivity index (χ0) is 34.2. The lowest BCUT2D eigenvalue weighted by Gasteiger charge is -2.43. The fourth-order valence-corrected chi connectivity index (χ4v) is 8.89. The van der Waals surface area contributed by atoms with Crippen molar-refractivity contribution in [3.63, 3.8) is 0 Å². The topological polar surface area (TPSA) is 110 Å². The summed E-state index contributed by atoms with van der Waals surface area (Å²) in [5.41, 5.74) is 6.20. The number of urea groups is 1. The number of hydrogen-bond donors (Lipinski definition) is 2. The molecule has 0 saturated carbocycles. The monoisotopic (exact) mass is 678 g/mol. The molecule has 3 fully saturated rings. The number of fused-ring (bicyclic) bond motifs is 4. The van der Waals surface area contributed by atoms with Crippen LogP contribution in [0.15, 0.2) is 53.5 Å². The second-order valence-corrected chi connectivity index (χ2v) is 15.0. The number of aromatic nitrogens is 3. The number of imidazole rings is 1. The Kier molecular flexibility index (Phi) is 9.35. The summed E-state index contributed by atoms with van der Waals surface area (Å²) in [6, 6.07) is 14.2. The van der Waals surface area contributed by atoms with Gasteiger partial charge in [0.2, 0.25) is 5.91 Å². The van der Waals surface area contributed by atoms with E-state index in [4.69, 9.17) is 0 Å². The van der Waals surface area contributed by atoms with Gasteiger partial charge >= 0.3 is 11.7 Å². The zero-order valence-corrected chi connectivity index (χ0v) is 29.3. The van der Waals surface area contributed by atoms with Crippen molar-refractivity contribution in [2.45, 2.75) is 75.9 Å². The number of aromatic amines is 1. The van der Waals surface area contributed by atoms with Gasteiger partial charge in [-0.3, -0.25) is 19.2 Å². The first kappa shape index (κ1) is 33.0. The number of hydrogen-bond acceptors (Lipinski definition) is 6.